The lowest BCUT2D eigenvalue weighted by molar-refractivity contribution is -0.138. The van der Waals surface area contributed by atoms with Crippen molar-refractivity contribution in [1.29, 1.82) is 0 Å². The van der Waals surface area contributed by atoms with Crippen LogP contribution in [0.5, 0.6) is 11.5 Å². The molecule has 0 atom stereocenters. The van der Waals surface area contributed by atoms with Gasteiger partial charge in [0.1, 0.15) is 23.4 Å². The van der Waals surface area contributed by atoms with Crippen LogP contribution in [0.1, 0.15) is 11.3 Å². The molecule has 128 valence electrons. The Morgan fingerprint density at radius 2 is 1.92 bits per heavy atom. The Labute approximate surface area is 140 Å². The van der Waals surface area contributed by atoms with Crippen LogP contribution in [0.15, 0.2) is 36.4 Å². The van der Waals surface area contributed by atoms with E-state index in [1.165, 1.54) is 20.5 Å². The summed E-state index contributed by atoms with van der Waals surface area (Å²) in [6, 6.07) is 5.43. The number of carbonyl (C=O) groups excluding carboxylic acids is 1. The molecule has 0 radical (unpaired) electrons. The number of methoxy groups -OCH3 is 3. The zero-order valence-corrected chi connectivity index (χ0v) is 14.3. The molecule has 0 fully saturated rings. The Morgan fingerprint density at radius 1 is 1.17 bits per heavy atom. The number of benzene rings is 1. The topological polar surface area (TPSA) is 71.8 Å². The summed E-state index contributed by atoms with van der Waals surface area (Å²) in [5.74, 6) is 0.408. The minimum atomic E-state index is -0.636. The fourth-order valence-electron chi connectivity index (χ4n) is 2.09. The fraction of sp³-hybridized carbons (Fsp3) is 0.294. The van der Waals surface area contributed by atoms with Gasteiger partial charge in [-0.3, -0.25) is 0 Å². The molecule has 7 nitrogen and oxygen atoms in total. The molecule has 0 N–H and O–H groups in total. The van der Waals surface area contributed by atoms with Crippen LogP contribution >= 0.6 is 0 Å². The molecule has 1 heterocycles. The van der Waals surface area contributed by atoms with Crippen LogP contribution in [0.3, 0.4) is 0 Å². The first kappa shape index (κ1) is 17.4. The molecule has 0 unspecified atom stereocenters. The van der Waals surface area contributed by atoms with E-state index < -0.39 is 5.97 Å². The minimum absolute atomic E-state index is 0.0594. The first-order chi connectivity index (χ1) is 11.5. The largest absolute Gasteiger partial charge is 0.500 e. The lowest BCUT2D eigenvalue weighted by atomic mass is 10.2. The molecule has 0 saturated carbocycles. The zero-order chi connectivity index (χ0) is 17.7. The minimum Gasteiger partial charge on any atom is -0.500 e. The van der Waals surface area contributed by atoms with E-state index in [1.807, 2.05) is 32.2 Å². The van der Waals surface area contributed by atoms with Gasteiger partial charge in [-0.25, -0.2) is 9.48 Å². The Morgan fingerprint density at radius 3 is 2.46 bits per heavy atom. The molecule has 0 aliphatic carbocycles. The van der Waals surface area contributed by atoms with Crippen molar-refractivity contribution in [3.63, 3.8) is 0 Å². The van der Waals surface area contributed by atoms with Crippen LogP contribution in [0, 0.1) is 13.8 Å². The number of nitrogens with zero attached hydrogens (tertiary/aromatic N) is 2. The third-order valence-electron chi connectivity index (χ3n) is 3.28. The quantitative estimate of drug-likeness (QED) is 0.460. The van der Waals surface area contributed by atoms with Crippen LogP contribution in [-0.4, -0.2) is 37.1 Å². The zero-order valence-electron chi connectivity index (χ0n) is 14.3. The Kier molecular flexibility index (Phi) is 5.47. The van der Waals surface area contributed by atoms with Crippen molar-refractivity contribution in [2.75, 3.05) is 21.3 Å². The summed E-state index contributed by atoms with van der Waals surface area (Å²) in [5.41, 5.74) is 2.34. The second-order valence-electron chi connectivity index (χ2n) is 5.00. The molecule has 0 bridgehead atoms. The number of hydrogen-bond acceptors (Lipinski definition) is 6. The third-order valence-corrected chi connectivity index (χ3v) is 3.28. The van der Waals surface area contributed by atoms with Gasteiger partial charge in [-0.1, -0.05) is 0 Å². The Bertz CT molecular complexity index is 764. The van der Waals surface area contributed by atoms with Crippen molar-refractivity contribution in [3.8, 4) is 17.2 Å². The van der Waals surface area contributed by atoms with Gasteiger partial charge in [-0.05, 0) is 31.5 Å². The average molecular weight is 332 g/mol. The standard InChI is InChI=1S/C17H20N2O5/c1-11-8-15(22-4)13(19-7-6-12(2)18-19)9-14(11)24-16(10-21-3)17(20)23-5/h6-10H,1-5H3/b16-10-. The summed E-state index contributed by atoms with van der Waals surface area (Å²) in [4.78, 5) is 11.8. The van der Waals surface area contributed by atoms with Gasteiger partial charge in [0.05, 0.1) is 27.0 Å². The molecule has 0 amide bonds. The van der Waals surface area contributed by atoms with Crippen LogP contribution in [0.25, 0.3) is 5.69 Å². The Hall–Kier alpha value is -2.96. The maximum absolute atomic E-state index is 11.8. The van der Waals surface area contributed by atoms with Gasteiger partial charge in [0.25, 0.3) is 0 Å². The highest BCUT2D eigenvalue weighted by Crippen LogP contribution is 2.32. The van der Waals surface area contributed by atoms with E-state index in [0.717, 1.165) is 11.3 Å². The second kappa shape index (κ2) is 7.54. The summed E-state index contributed by atoms with van der Waals surface area (Å²) < 4.78 is 22.3. The monoisotopic (exact) mass is 332 g/mol. The van der Waals surface area contributed by atoms with Gasteiger partial charge in [-0.15, -0.1) is 0 Å². The molecule has 0 spiro atoms. The number of aryl methyl sites for hydroxylation is 2. The first-order valence-corrected chi connectivity index (χ1v) is 7.20. The summed E-state index contributed by atoms with van der Waals surface area (Å²) in [6.07, 6.45) is 3.01. The van der Waals surface area contributed by atoms with E-state index in [9.17, 15) is 4.79 Å². The van der Waals surface area contributed by atoms with Gasteiger partial charge < -0.3 is 18.9 Å². The molecule has 0 aliphatic rings. The van der Waals surface area contributed by atoms with Gasteiger partial charge in [-0.2, -0.15) is 5.10 Å². The normalized spacial score (nSPS) is 11.1. The van der Waals surface area contributed by atoms with Crippen LogP contribution in [-0.2, 0) is 14.3 Å². The van der Waals surface area contributed by atoms with Crippen LogP contribution in [0.2, 0.25) is 0 Å². The molecule has 7 heteroatoms. The van der Waals surface area contributed by atoms with Crippen molar-refractivity contribution < 1.29 is 23.7 Å². The van der Waals surface area contributed by atoms with Gasteiger partial charge >= 0.3 is 5.97 Å². The van der Waals surface area contributed by atoms with Crippen LogP contribution < -0.4 is 9.47 Å². The van der Waals surface area contributed by atoms with Gasteiger partial charge in [0.2, 0.25) is 5.76 Å². The lowest BCUT2D eigenvalue weighted by Crippen LogP contribution is -2.12. The van der Waals surface area contributed by atoms with E-state index in [0.29, 0.717) is 17.2 Å². The maximum atomic E-state index is 11.8. The molecule has 2 rings (SSSR count). The predicted octanol–water partition coefficient (Wildman–Crippen LogP) is 2.54. The van der Waals surface area contributed by atoms with Crippen molar-refractivity contribution in [1.82, 2.24) is 9.78 Å². The molecular formula is C17H20N2O5. The highest BCUT2D eigenvalue weighted by molar-refractivity contribution is 5.86. The highest BCUT2D eigenvalue weighted by Gasteiger charge is 2.17. The van der Waals surface area contributed by atoms with E-state index >= 15 is 0 Å². The maximum Gasteiger partial charge on any atom is 0.377 e. The van der Waals surface area contributed by atoms with E-state index in [2.05, 4.69) is 9.84 Å². The number of rotatable bonds is 6. The number of ether oxygens (including phenoxy) is 4. The smallest absolute Gasteiger partial charge is 0.377 e. The molecule has 0 aliphatic heterocycles. The molecular weight excluding hydrogens is 312 g/mol. The van der Waals surface area contributed by atoms with E-state index in [1.54, 1.807) is 17.9 Å². The number of carbonyl (C=O) groups is 1. The summed E-state index contributed by atoms with van der Waals surface area (Å²) in [6.45, 7) is 3.74. The summed E-state index contributed by atoms with van der Waals surface area (Å²) in [5, 5.41) is 4.38. The highest BCUT2D eigenvalue weighted by atomic mass is 16.6. The predicted molar refractivity (Wildman–Crippen MR) is 87.3 cm³/mol. The second-order valence-corrected chi connectivity index (χ2v) is 5.00. The number of hydrogen-bond donors (Lipinski definition) is 0. The summed E-state index contributed by atoms with van der Waals surface area (Å²) >= 11 is 0. The number of aromatic nitrogens is 2. The van der Waals surface area contributed by atoms with Crippen molar-refractivity contribution in [2.45, 2.75) is 13.8 Å². The molecule has 1 aromatic heterocycles. The third kappa shape index (κ3) is 3.68. The first-order valence-electron chi connectivity index (χ1n) is 7.20. The summed E-state index contributed by atoms with van der Waals surface area (Å²) in [7, 11) is 4.28. The SMILES string of the molecule is CO/C=C(\Oc1cc(-n2ccc(C)n2)c(OC)cc1C)C(=O)OC. The fourth-order valence-corrected chi connectivity index (χ4v) is 2.09. The van der Waals surface area contributed by atoms with Gasteiger partial charge in [0.15, 0.2) is 0 Å². The van der Waals surface area contributed by atoms with Crippen molar-refractivity contribution >= 4 is 5.97 Å². The Balaban J connectivity index is 2.47. The molecule has 0 saturated heterocycles. The van der Waals surface area contributed by atoms with Gasteiger partial charge in [0, 0.05) is 12.3 Å². The van der Waals surface area contributed by atoms with Crippen molar-refractivity contribution in [2.24, 2.45) is 0 Å². The molecule has 1 aromatic carbocycles. The van der Waals surface area contributed by atoms with E-state index in [-0.39, 0.29) is 5.76 Å². The van der Waals surface area contributed by atoms with Crippen molar-refractivity contribution in [3.05, 3.63) is 47.7 Å². The molecule has 24 heavy (non-hydrogen) atoms. The van der Waals surface area contributed by atoms with Crippen LogP contribution in [0.4, 0.5) is 0 Å². The lowest BCUT2D eigenvalue weighted by Gasteiger charge is -2.15. The average Bonchev–Trinajstić information content (AvgIpc) is 3.01. The molecule has 2 aromatic rings. The number of esters is 1. The van der Waals surface area contributed by atoms with E-state index in [4.69, 9.17) is 14.2 Å².